The lowest BCUT2D eigenvalue weighted by Crippen LogP contribution is -1.88. The molecule has 0 N–H and O–H groups in total. The van der Waals surface area contributed by atoms with E-state index in [0.29, 0.717) is 0 Å². The molecule has 1 aromatic rings. The van der Waals surface area contributed by atoms with Crippen LogP contribution in [0.5, 0.6) is 0 Å². The van der Waals surface area contributed by atoms with E-state index < -0.39 is 0 Å². The minimum absolute atomic E-state index is 1.13. The summed E-state index contributed by atoms with van der Waals surface area (Å²) in [6.45, 7) is 6.46. The Morgan fingerprint density at radius 1 is 1.09 bits per heavy atom. The molecule has 0 unspecified atom stereocenters. The first-order valence-corrected chi connectivity index (χ1v) is 4.13. The molecule has 0 amide bonds. The predicted molar refractivity (Wildman–Crippen MR) is 49.5 cm³/mol. The molecule has 0 aliphatic carbocycles. The Kier molecular flexibility index (Phi) is 2.70. The van der Waals surface area contributed by atoms with Gasteiger partial charge in [-0.3, -0.25) is 0 Å². The van der Waals surface area contributed by atoms with Crippen molar-refractivity contribution in [2.45, 2.75) is 27.2 Å². The number of hydrogen-bond donors (Lipinski definition) is 0. The van der Waals surface area contributed by atoms with Gasteiger partial charge < -0.3 is 0 Å². The minimum atomic E-state index is 1.13. The van der Waals surface area contributed by atoms with Crippen molar-refractivity contribution in [2.24, 2.45) is 0 Å². The number of hydrogen-bond acceptors (Lipinski definition) is 0. The first-order chi connectivity index (χ1) is 5.24. The molecule has 1 rings (SSSR count). The van der Waals surface area contributed by atoms with Crippen LogP contribution in [-0.2, 0) is 6.42 Å². The van der Waals surface area contributed by atoms with Gasteiger partial charge in [0.15, 0.2) is 0 Å². The second-order valence-corrected chi connectivity index (χ2v) is 3.05. The molecule has 0 aromatic heterocycles. The Hall–Kier alpha value is -0.780. The lowest BCUT2D eigenvalue weighted by atomic mass is 10.0. The predicted octanol–water partition coefficient (Wildman–Crippen LogP) is 3.21. The van der Waals surface area contributed by atoms with E-state index in [1.54, 1.807) is 0 Å². The standard InChI is InChI=1S/C11H15/c1-4-10-5-7-11(8-6-10)9(2)3/h5-8H,4H2,1-3H3. The molecule has 0 atom stereocenters. The van der Waals surface area contributed by atoms with Gasteiger partial charge in [-0.15, -0.1) is 0 Å². The highest BCUT2D eigenvalue weighted by molar-refractivity contribution is 5.31. The van der Waals surface area contributed by atoms with Gasteiger partial charge >= 0.3 is 0 Å². The van der Waals surface area contributed by atoms with E-state index in [4.69, 9.17) is 0 Å². The van der Waals surface area contributed by atoms with Crippen LogP contribution in [0.25, 0.3) is 0 Å². The molecule has 11 heavy (non-hydrogen) atoms. The Bertz CT molecular complexity index is 206. The van der Waals surface area contributed by atoms with Crippen LogP contribution in [0.3, 0.4) is 0 Å². The zero-order valence-electron chi connectivity index (χ0n) is 7.52. The van der Waals surface area contributed by atoms with E-state index >= 15 is 0 Å². The number of aryl methyl sites for hydroxylation is 1. The summed E-state index contributed by atoms with van der Waals surface area (Å²) in [5.41, 5.74) is 2.76. The van der Waals surface area contributed by atoms with Gasteiger partial charge in [-0.05, 0) is 23.5 Å². The van der Waals surface area contributed by atoms with Gasteiger partial charge in [0.1, 0.15) is 0 Å². The molecule has 0 bridgehead atoms. The largest absolute Gasteiger partial charge is 0.0613 e. The SMILES string of the molecule is CCc1ccc([C](C)C)cc1. The van der Waals surface area contributed by atoms with Crippen LogP contribution in [0.2, 0.25) is 0 Å². The van der Waals surface area contributed by atoms with Crippen LogP contribution >= 0.6 is 0 Å². The van der Waals surface area contributed by atoms with Crippen LogP contribution in [0.15, 0.2) is 24.3 Å². The summed E-state index contributed by atoms with van der Waals surface area (Å²) < 4.78 is 0. The van der Waals surface area contributed by atoms with Gasteiger partial charge in [0.2, 0.25) is 0 Å². The summed E-state index contributed by atoms with van der Waals surface area (Å²) >= 11 is 0. The topological polar surface area (TPSA) is 0 Å². The maximum atomic E-state index is 2.20. The average molecular weight is 147 g/mol. The van der Waals surface area contributed by atoms with Gasteiger partial charge in [-0.2, -0.15) is 0 Å². The Morgan fingerprint density at radius 2 is 1.64 bits per heavy atom. The molecule has 0 aliphatic heterocycles. The second kappa shape index (κ2) is 3.56. The van der Waals surface area contributed by atoms with E-state index in [1.165, 1.54) is 17.0 Å². The fourth-order valence-electron chi connectivity index (χ4n) is 1.07. The van der Waals surface area contributed by atoms with E-state index in [-0.39, 0.29) is 0 Å². The lowest BCUT2D eigenvalue weighted by Gasteiger charge is -2.04. The monoisotopic (exact) mass is 147 g/mol. The molecular formula is C11H15. The molecule has 1 radical (unpaired) electrons. The van der Waals surface area contributed by atoms with E-state index in [9.17, 15) is 0 Å². The molecule has 0 saturated carbocycles. The van der Waals surface area contributed by atoms with E-state index in [2.05, 4.69) is 45.0 Å². The Labute approximate surface area is 69.3 Å². The van der Waals surface area contributed by atoms with Crippen LogP contribution < -0.4 is 0 Å². The normalized spacial score (nSPS) is 10.5. The van der Waals surface area contributed by atoms with Crippen LogP contribution in [0.1, 0.15) is 31.9 Å². The third-order valence-electron chi connectivity index (χ3n) is 1.94. The highest BCUT2D eigenvalue weighted by Crippen LogP contribution is 2.13. The molecular weight excluding hydrogens is 132 g/mol. The van der Waals surface area contributed by atoms with E-state index in [1.807, 2.05) is 0 Å². The maximum Gasteiger partial charge on any atom is -0.00120 e. The summed E-state index contributed by atoms with van der Waals surface area (Å²) in [5, 5.41) is 0. The van der Waals surface area contributed by atoms with Crippen LogP contribution in [0, 0.1) is 5.92 Å². The third-order valence-corrected chi connectivity index (χ3v) is 1.94. The molecule has 0 heteroatoms. The van der Waals surface area contributed by atoms with Gasteiger partial charge in [0.25, 0.3) is 0 Å². The van der Waals surface area contributed by atoms with Crippen molar-refractivity contribution < 1.29 is 0 Å². The van der Waals surface area contributed by atoms with Gasteiger partial charge in [0, 0.05) is 0 Å². The molecule has 0 spiro atoms. The highest BCUT2D eigenvalue weighted by Gasteiger charge is 1.97. The molecule has 0 fully saturated rings. The first-order valence-electron chi connectivity index (χ1n) is 4.13. The van der Waals surface area contributed by atoms with Crippen LogP contribution in [0.4, 0.5) is 0 Å². The fourth-order valence-corrected chi connectivity index (χ4v) is 1.07. The molecule has 0 heterocycles. The highest BCUT2D eigenvalue weighted by atomic mass is 14.0. The lowest BCUT2D eigenvalue weighted by molar-refractivity contribution is 1.11. The summed E-state index contributed by atoms with van der Waals surface area (Å²) in [7, 11) is 0. The van der Waals surface area contributed by atoms with Gasteiger partial charge in [-0.25, -0.2) is 0 Å². The molecule has 0 saturated heterocycles. The zero-order valence-corrected chi connectivity index (χ0v) is 7.52. The molecule has 0 aliphatic rings. The average Bonchev–Trinajstić information content (AvgIpc) is 2.05. The van der Waals surface area contributed by atoms with Crippen molar-refractivity contribution in [3.8, 4) is 0 Å². The van der Waals surface area contributed by atoms with Crippen molar-refractivity contribution in [2.75, 3.05) is 0 Å². The number of benzene rings is 1. The Balaban J connectivity index is 2.83. The maximum absolute atomic E-state index is 2.20. The van der Waals surface area contributed by atoms with E-state index in [0.717, 1.165) is 6.42 Å². The summed E-state index contributed by atoms with van der Waals surface area (Å²) in [6.07, 6.45) is 1.13. The first kappa shape index (κ1) is 8.32. The summed E-state index contributed by atoms with van der Waals surface area (Å²) in [6, 6.07) is 8.77. The number of rotatable bonds is 2. The zero-order chi connectivity index (χ0) is 8.27. The quantitative estimate of drug-likeness (QED) is 0.602. The van der Waals surface area contributed by atoms with Crippen LogP contribution in [-0.4, -0.2) is 0 Å². The molecule has 0 nitrogen and oxygen atoms in total. The fraction of sp³-hybridized carbons (Fsp3) is 0.364. The smallest absolute Gasteiger partial charge is 0.00120 e. The second-order valence-electron chi connectivity index (χ2n) is 3.05. The molecule has 1 aromatic carbocycles. The van der Waals surface area contributed by atoms with Crippen molar-refractivity contribution >= 4 is 0 Å². The van der Waals surface area contributed by atoms with Gasteiger partial charge in [0.05, 0.1) is 0 Å². The van der Waals surface area contributed by atoms with Crippen molar-refractivity contribution in [1.29, 1.82) is 0 Å². The minimum Gasteiger partial charge on any atom is -0.0613 e. The Morgan fingerprint density at radius 3 is 2.00 bits per heavy atom. The van der Waals surface area contributed by atoms with Crippen molar-refractivity contribution in [3.05, 3.63) is 41.3 Å². The summed E-state index contributed by atoms with van der Waals surface area (Å²) in [4.78, 5) is 0. The summed E-state index contributed by atoms with van der Waals surface area (Å²) in [5.74, 6) is 1.38. The molecule has 59 valence electrons. The van der Waals surface area contributed by atoms with Gasteiger partial charge in [-0.1, -0.05) is 45.0 Å². The van der Waals surface area contributed by atoms with Crippen molar-refractivity contribution in [1.82, 2.24) is 0 Å². The van der Waals surface area contributed by atoms with Crippen molar-refractivity contribution in [3.63, 3.8) is 0 Å². The third kappa shape index (κ3) is 2.07.